The quantitative estimate of drug-likeness (QED) is 0.803. The Morgan fingerprint density at radius 3 is 2.46 bits per heavy atom. The van der Waals surface area contributed by atoms with E-state index in [0.717, 1.165) is 12.8 Å². The van der Waals surface area contributed by atoms with Crippen LogP contribution in [0.25, 0.3) is 0 Å². The zero-order chi connectivity index (χ0) is 17.9. The number of nitrogens with one attached hydrogen (secondary N) is 1. The highest BCUT2D eigenvalue weighted by atomic mass is 32.2. The van der Waals surface area contributed by atoms with Crippen LogP contribution in [0.5, 0.6) is 5.75 Å². The van der Waals surface area contributed by atoms with Gasteiger partial charge in [-0.1, -0.05) is 6.92 Å². The van der Waals surface area contributed by atoms with Crippen molar-refractivity contribution in [1.29, 1.82) is 0 Å². The van der Waals surface area contributed by atoms with Gasteiger partial charge in [0.05, 0.1) is 13.0 Å². The lowest BCUT2D eigenvalue weighted by Gasteiger charge is -2.19. The number of methoxy groups -OCH3 is 1. The molecule has 0 aromatic heterocycles. The molecular formula is C16H25N3O4S. The molecule has 7 nitrogen and oxygen atoms in total. The summed E-state index contributed by atoms with van der Waals surface area (Å²) < 4.78 is 32.1. The molecule has 2 unspecified atom stereocenters. The number of anilines is 1. The van der Waals surface area contributed by atoms with Crippen molar-refractivity contribution in [2.45, 2.75) is 37.6 Å². The highest BCUT2D eigenvalue weighted by molar-refractivity contribution is 7.89. The molecule has 24 heavy (non-hydrogen) atoms. The first kappa shape index (κ1) is 18.7. The summed E-state index contributed by atoms with van der Waals surface area (Å²) in [7, 11) is -2.17. The van der Waals surface area contributed by atoms with E-state index in [9.17, 15) is 13.2 Å². The first-order chi connectivity index (χ1) is 11.3. The summed E-state index contributed by atoms with van der Waals surface area (Å²) in [5.41, 5.74) is 6.20. The number of rotatable bonds is 6. The van der Waals surface area contributed by atoms with E-state index in [1.165, 1.54) is 23.5 Å². The lowest BCUT2D eigenvalue weighted by Crippen LogP contribution is -2.34. The molecule has 1 aromatic carbocycles. The van der Waals surface area contributed by atoms with Gasteiger partial charge in [0.2, 0.25) is 15.9 Å². The molecule has 2 atom stereocenters. The fourth-order valence-electron chi connectivity index (χ4n) is 2.52. The Morgan fingerprint density at radius 1 is 1.29 bits per heavy atom. The Morgan fingerprint density at radius 2 is 1.92 bits per heavy atom. The van der Waals surface area contributed by atoms with Gasteiger partial charge in [0, 0.05) is 30.9 Å². The normalized spacial score (nSPS) is 18.2. The number of amides is 1. The van der Waals surface area contributed by atoms with Gasteiger partial charge in [-0.2, -0.15) is 4.31 Å². The van der Waals surface area contributed by atoms with Gasteiger partial charge in [-0.15, -0.1) is 0 Å². The van der Waals surface area contributed by atoms with E-state index < -0.39 is 10.0 Å². The molecule has 1 aromatic rings. The lowest BCUT2D eigenvalue weighted by atomic mass is 10.0. The maximum absolute atomic E-state index is 12.7. The summed E-state index contributed by atoms with van der Waals surface area (Å²) >= 11 is 0. The number of hydrogen-bond donors (Lipinski definition) is 2. The van der Waals surface area contributed by atoms with Gasteiger partial charge in [0.25, 0.3) is 0 Å². The first-order valence-corrected chi connectivity index (χ1v) is 9.46. The topological polar surface area (TPSA) is 102 Å². The van der Waals surface area contributed by atoms with Crippen molar-refractivity contribution < 1.29 is 17.9 Å². The molecule has 0 saturated carbocycles. The molecule has 0 aliphatic carbocycles. The van der Waals surface area contributed by atoms with Crippen LogP contribution in [0.1, 0.15) is 26.7 Å². The van der Waals surface area contributed by atoms with Crippen LogP contribution in [0.3, 0.4) is 0 Å². The van der Waals surface area contributed by atoms with Gasteiger partial charge in [-0.25, -0.2) is 8.42 Å². The van der Waals surface area contributed by atoms with Crippen LogP contribution in [0.2, 0.25) is 0 Å². The fourth-order valence-corrected chi connectivity index (χ4v) is 4.17. The Hall–Kier alpha value is -1.64. The largest absolute Gasteiger partial charge is 0.495 e. The van der Waals surface area contributed by atoms with Crippen LogP contribution < -0.4 is 15.8 Å². The minimum absolute atomic E-state index is 0.116. The van der Waals surface area contributed by atoms with Gasteiger partial charge in [0.15, 0.2) is 0 Å². The third-order valence-electron chi connectivity index (χ3n) is 4.32. The van der Waals surface area contributed by atoms with Gasteiger partial charge in [-0.05, 0) is 31.9 Å². The molecule has 1 aliphatic heterocycles. The van der Waals surface area contributed by atoms with Crippen LogP contribution in [0, 0.1) is 5.92 Å². The van der Waals surface area contributed by atoms with Crippen LogP contribution in [-0.2, 0) is 14.8 Å². The first-order valence-electron chi connectivity index (χ1n) is 8.02. The fraction of sp³-hybridized carbons (Fsp3) is 0.562. The number of carbonyl (C=O) groups is 1. The van der Waals surface area contributed by atoms with Crippen molar-refractivity contribution in [3.05, 3.63) is 18.2 Å². The molecular weight excluding hydrogens is 330 g/mol. The second kappa shape index (κ2) is 7.50. The second-order valence-electron chi connectivity index (χ2n) is 6.11. The smallest absolute Gasteiger partial charge is 0.246 e. The standard InChI is InChI=1S/C16H25N3O4S/c1-11(12(2)17)16(20)18-13-6-7-15(14(10-13)23-3)24(21,22)19-8-4-5-9-19/h6-7,10-12H,4-5,8-9,17H2,1-3H3,(H,18,20). The molecule has 8 heteroatoms. The molecule has 0 radical (unpaired) electrons. The number of hydrogen-bond acceptors (Lipinski definition) is 5. The van der Waals surface area contributed by atoms with Crippen LogP contribution >= 0.6 is 0 Å². The lowest BCUT2D eigenvalue weighted by molar-refractivity contribution is -0.119. The van der Waals surface area contributed by atoms with Crippen LogP contribution in [-0.4, -0.2) is 44.9 Å². The molecule has 1 saturated heterocycles. The number of ether oxygens (including phenoxy) is 1. The predicted octanol–water partition coefficient (Wildman–Crippen LogP) is 1.40. The Labute approximate surface area is 143 Å². The van der Waals surface area contributed by atoms with Gasteiger partial charge in [-0.3, -0.25) is 4.79 Å². The van der Waals surface area contributed by atoms with Crippen molar-refractivity contribution in [3.8, 4) is 5.75 Å². The summed E-state index contributed by atoms with van der Waals surface area (Å²) in [5, 5.41) is 2.74. The minimum atomic E-state index is -3.58. The van der Waals surface area contributed by atoms with Crippen molar-refractivity contribution in [2.24, 2.45) is 11.7 Å². The molecule has 1 fully saturated rings. The maximum atomic E-state index is 12.7. The number of nitrogens with two attached hydrogens (primary N) is 1. The van der Waals surface area contributed by atoms with Gasteiger partial charge in [0.1, 0.15) is 10.6 Å². The zero-order valence-corrected chi connectivity index (χ0v) is 15.1. The van der Waals surface area contributed by atoms with Crippen LogP contribution in [0.15, 0.2) is 23.1 Å². The van der Waals surface area contributed by atoms with Crippen molar-refractivity contribution >= 4 is 21.6 Å². The highest BCUT2D eigenvalue weighted by Crippen LogP contribution is 2.31. The summed E-state index contributed by atoms with van der Waals surface area (Å²) in [6.45, 7) is 4.55. The van der Waals surface area contributed by atoms with E-state index in [1.807, 2.05) is 0 Å². The summed E-state index contributed by atoms with van der Waals surface area (Å²) in [6.07, 6.45) is 1.73. The summed E-state index contributed by atoms with van der Waals surface area (Å²) in [6, 6.07) is 4.28. The highest BCUT2D eigenvalue weighted by Gasteiger charge is 2.30. The van der Waals surface area contributed by atoms with Crippen LogP contribution in [0.4, 0.5) is 5.69 Å². The Balaban J connectivity index is 2.26. The number of nitrogens with zero attached hydrogens (tertiary/aromatic N) is 1. The van der Waals surface area contributed by atoms with Crippen molar-refractivity contribution in [2.75, 3.05) is 25.5 Å². The number of benzene rings is 1. The average molecular weight is 355 g/mol. The van der Waals surface area contributed by atoms with E-state index >= 15 is 0 Å². The van der Waals surface area contributed by atoms with Crippen molar-refractivity contribution in [3.63, 3.8) is 0 Å². The third-order valence-corrected chi connectivity index (χ3v) is 6.25. The molecule has 0 bridgehead atoms. The molecule has 3 N–H and O–H groups in total. The molecule has 2 rings (SSSR count). The van der Waals surface area contributed by atoms with E-state index in [1.54, 1.807) is 19.9 Å². The predicted molar refractivity (Wildman–Crippen MR) is 92.4 cm³/mol. The zero-order valence-electron chi connectivity index (χ0n) is 14.3. The molecule has 134 valence electrons. The van der Waals surface area contributed by atoms with E-state index in [0.29, 0.717) is 18.8 Å². The Kier molecular flexibility index (Phi) is 5.84. The van der Waals surface area contributed by atoms with Gasteiger partial charge >= 0.3 is 0 Å². The molecule has 1 heterocycles. The second-order valence-corrected chi connectivity index (χ2v) is 8.02. The monoisotopic (exact) mass is 355 g/mol. The minimum Gasteiger partial charge on any atom is -0.495 e. The number of carbonyl (C=O) groups excluding carboxylic acids is 1. The third kappa shape index (κ3) is 3.88. The van der Waals surface area contributed by atoms with E-state index in [2.05, 4.69) is 5.32 Å². The van der Waals surface area contributed by atoms with E-state index in [-0.39, 0.29) is 28.5 Å². The number of sulfonamides is 1. The van der Waals surface area contributed by atoms with Gasteiger partial charge < -0.3 is 15.8 Å². The Bertz CT molecular complexity index is 697. The summed E-state index contributed by atoms with van der Waals surface area (Å²) in [5.74, 6) is -0.362. The molecule has 1 aliphatic rings. The van der Waals surface area contributed by atoms with Crippen molar-refractivity contribution in [1.82, 2.24) is 4.31 Å². The molecule has 1 amide bonds. The SMILES string of the molecule is COc1cc(NC(=O)C(C)C(C)N)ccc1S(=O)(=O)N1CCCC1. The summed E-state index contributed by atoms with van der Waals surface area (Å²) in [4.78, 5) is 12.2. The van der Waals surface area contributed by atoms with E-state index in [4.69, 9.17) is 10.5 Å². The maximum Gasteiger partial charge on any atom is 0.246 e. The average Bonchev–Trinajstić information content (AvgIpc) is 3.08. The molecule has 0 spiro atoms.